The molecule has 0 bridgehead atoms. The maximum Gasteiger partial charge on any atom is 0.338 e. The highest BCUT2D eigenvalue weighted by atomic mass is 32.2. The van der Waals surface area contributed by atoms with Gasteiger partial charge in [0.25, 0.3) is 0 Å². The number of anilines is 1. The highest BCUT2D eigenvalue weighted by molar-refractivity contribution is 8.00. The van der Waals surface area contributed by atoms with Crippen LogP contribution in [0.1, 0.15) is 24.2 Å². The fraction of sp³-hybridized carbons (Fsp3) is 0.263. The van der Waals surface area contributed by atoms with Crippen LogP contribution < -0.4 is 10.1 Å². The predicted octanol–water partition coefficient (Wildman–Crippen LogP) is 3.99. The molecule has 25 heavy (non-hydrogen) atoms. The monoisotopic (exact) mass is 359 g/mol. The van der Waals surface area contributed by atoms with Crippen molar-refractivity contribution in [3.8, 4) is 5.75 Å². The van der Waals surface area contributed by atoms with E-state index in [0.717, 1.165) is 10.6 Å². The predicted molar refractivity (Wildman–Crippen MR) is 99.3 cm³/mol. The van der Waals surface area contributed by atoms with Gasteiger partial charge in [-0.25, -0.2) is 4.79 Å². The summed E-state index contributed by atoms with van der Waals surface area (Å²) < 4.78 is 10.1. The van der Waals surface area contributed by atoms with Gasteiger partial charge in [-0.1, -0.05) is 6.07 Å². The second-order valence-corrected chi connectivity index (χ2v) is 6.64. The summed E-state index contributed by atoms with van der Waals surface area (Å²) in [5.74, 6) is 0.235. The van der Waals surface area contributed by atoms with Gasteiger partial charge in [0, 0.05) is 10.6 Å². The van der Waals surface area contributed by atoms with Crippen molar-refractivity contribution in [2.75, 3.05) is 19.0 Å². The number of benzene rings is 2. The van der Waals surface area contributed by atoms with E-state index >= 15 is 0 Å². The first-order valence-electron chi connectivity index (χ1n) is 7.92. The number of nitrogens with one attached hydrogen (secondary N) is 1. The molecule has 132 valence electrons. The van der Waals surface area contributed by atoms with E-state index in [1.165, 1.54) is 11.8 Å². The van der Waals surface area contributed by atoms with Crippen molar-refractivity contribution in [3.63, 3.8) is 0 Å². The average Bonchev–Trinajstić information content (AvgIpc) is 2.62. The van der Waals surface area contributed by atoms with E-state index in [1.807, 2.05) is 31.2 Å². The molecular weight excluding hydrogens is 338 g/mol. The summed E-state index contributed by atoms with van der Waals surface area (Å²) >= 11 is 1.45. The summed E-state index contributed by atoms with van der Waals surface area (Å²) in [6.07, 6.45) is 0. The maximum atomic E-state index is 12.4. The Morgan fingerprint density at radius 3 is 2.52 bits per heavy atom. The Hall–Kier alpha value is -2.47. The van der Waals surface area contributed by atoms with Gasteiger partial charge in [0.2, 0.25) is 5.91 Å². The van der Waals surface area contributed by atoms with Crippen molar-refractivity contribution in [1.29, 1.82) is 0 Å². The standard InChI is InChI=1S/C19H21NO4S/c1-4-24-19(22)14-6-5-7-15(12-14)20-18(21)13(2)25-17-10-8-16(23-3)9-11-17/h5-13H,4H2,1-3H3,(H,20,21). The minimum absolute atomic E-state index is 0.137. The zero-order chi connectivity index (χ0) is 18.2. The molecule has 6 heteroatoms. The molecule has 1 N–H and O–H groups in total. The minimum atomic E-state index is -0.403. The molecule has 2 aromatic carbocycles. The molecule has 0 aliphatic rings. The number of esters is 1. The van der Waals surface area contributed by atoms with E-state index in [1.54, 1.807) is 38.3 Å². The maximum absolute atomic E-state index is 12.4. The molecule has 0 radical (unpaired) electrons. The lowest BCUT2D eigenvalue weighted by Crippen LogP contribution is -2.22. The molecule has 2 rings (SSSR count). The van der Waals surface area contributed by atoms with Crippen LogP contribution in [0, 0.1) is 0 Å². The third-order valence-corrected chi connectivity index (χ3v) is 4.49. The summed E-state index contributed by atoms with van der Waals surface area (Å²) in [4.78, 5) is 25.1. The van der Waals surface area contributed by atoms with Crippen LogP contribution in [-0.4, -0.2) is 30.8 Å². The van der Waals surface area contributed by atoms with E-state index in [4.69, 9.17) is 9.47 Å². The second-order valence-electron chi connectivity index (χ2n) is 5.23. The summed E-state index contributed by atoms with van der Waals surface area (Å²) in [6, 6.07) is 14.3. The summed E-state index contributed by atoms with van der Waals surface area (Å²) in [7, 11) is 1.61. The topological polar surface area (TPSA) is 64.6 Å². The van der Waals surface area contributed by atoms with Crippen molar-refractivity contribution in [1.82, 2.24) is 0 Å². The Balaban J connectivity index is 1.98. The van der Waals surface area contributed by atoms with Crippen LogP contribution in [0.5, 0.6) is 5.75 Å². The summed E-state index contributed by atoms with van der Waals surface area (Å²) in [5.41, 5.74) is 0.979. The SMILES string of the molecule is CCOC(=O)c1cccc(NC(=O)C(C)Sc2ccc(OC)cc2)c1. The summed E-state index contributed by atoms with van der Waals surface area (Å²) in [5, 5.41) is 2.54. The number of methoxy groups -OCH3 is 1. The Kier molecular flexibility index (Phi) is 6.89. The van der Waals surface area contributed by atoms with E-state index in [-0.39, 0.29) is 11.2 Å². The average molecular weight is 359 g/mol. The summed E-state index contributed by atoms with van der Waals surface area (Å²) in [6.45, 7) is 3.89. The van der Waals surface area contributed by atoms with Gasteiger partial charge < -0.3 is 14.8 Å². The van der Waals surface area contributed by atoms with Crippen LogP contribution in [0.4, 0.5) is 5.69 Å². The lowest BCUT2D eigenvalue weighted by molar-refractivity contribution is -0.115. The Morgan fingerprint density at radius 2 is 1.88 bits per heavy atom. The first kappa shape index (κ1) is 18.9. The molecule has 1 amide bonds. The Morgan fingerprint density at radius 1 is 1.16 bits per heavy atom. The molecule has 0 aromatic heterocycles. The highest BCUT2D eigenvalue weighted by Crippen LogP contribution is 2.26. The molecule has 0 aliphatic carbocycles. The Labute approximate surface area is 151 Å². The number of carbonyl (C=O) groups is 2. The molecule has 1 unspecified atom stereocenters. The number of hydrogen-bond acceptors (Lipinski definition) is 5. The molecule has 0 saturated heterocycles. The zero-order valence-corrected chi connectivity index (χ0v) is 15.3. The van der Waals surface area contributed by atoms with Gasteiger partial charge in [-0.05, 0) is 56.3 Å². The van der Waals surface area contributed by atoms with Gasteiger partial charge in [0.15, 0.2) is 0 Å². The van der Waals surface area contributed by atoms with Crippen molar-refractivity contribution >= 4 is 29.3 Å². The lowest BCUT2D eigenvalue weighted by atomic mass is 10.2. The van der Waals surface area contributed by atoms with Crippen LogP contribution in [-0.2, 0) is 9.53 Å². The minimum Gasteiger partial charge on any atom is -0.497 e. The first-order valence-corrected chi connectivity index (χ1v) is 8.80. The van der Waals surface area contributed by atoms with Gasteiger partial charge in [-0.3, -0.25) is 4.79 Å². The number of thioether (sulfide) groups is 1. The van der Waals surface area contributed by atoms with E-state index < -0.39 is 5.97 Å². The van der Waals surface area contributed by atoms with Gasteiger partial charge in [0.05, 0.1) is 24.5 Å². The lowest BCUT2D eigenvalue weighted by Gasteiger charge is -2.13. The van der Waals surface area contributed by atoms with Gasteiger partial charge in [-0.15, -0.1) is 11.8 Å². The fourth-order valence-electron chi connectivity index (χ4n) is 2.09. The van der Waals surface area contributed by atoms with Gasteiger partial charge in [0.1, 0.15) is 5.75 Å². The normalized spacial score (nSPS) is 11.5. The number of rotatable bonds is 7. The van der Waals surface area contributed by atoms with E-state index in [0.29, 0.717) is 17.9 Å². The molecular formula is C19H21NO4S. The van der Waals surface area contributed by atoms with Crippen molar-refractivity contribution in [2.45, 2.75) is 24.0 Å². The van der Waals surface area contributed by atoms with E-state index in [2.05, 4.69) is 5.32 Å². The van der Waals surface area contributed by atoms with Crippen molar-refractivity contribution in [3.05, 3.63) is 54.1 Å². The van der Waals surface area contributed by atoms with Crippen LogP contribution in [0.15, 0.2) is 53.4 Å². The van der Waals surface area contributed by atoms with Crippen LogP contribution >= 0.6 is 11.8 Å². The van der Waals surface area contributed by atoms with Crippen molar-refractivity contribution < 1.29 is 19.1 Å². The zero-order valence-electron chi connectivity index (χ0n) is 14.4. The highest BCUT2D eigenvalue weighted by Gasteiger charge is 2.15. The fourth-order valence-corrected chi connectivity index (χ4v) is 2.96. The van der Waals surface area contributed by atoms with Crippen LogP contribution in [0.3, 0.4) is 0 Å². The molecule has 1 atom stereocenters. The number of carbonyl (C=O) groups excluding carboxylic acids is 2. The van der Waals surface area contributed by atoms with Gasteiger partial charge >= 0.3 is 5.97 Å². The Bertz CT molecular complexity index is 730. The molecule has 0 saturated carbocycles. The second kappa shape index (κ2) is 9.13. The molecule has 5 nitrogen and oxygen atoms in total. The largest absolute Gasteiger partial charge is 0.497 e. The smallest absolute Gasteiger partial charge is 0.338 e. The first-order chi connectivity index (χ1) is 12.0. The quantitative estimate of drug-likeness (QED) is 0.598. The molecule has 0 fully saturated rings. The molecule has 0 spiro atoms. The number of ether oxygens (including phenoxy) is 2. The van der Waals surface area contributed by atoms with Crippen LogP contribution in [0.25, 0.3) is 0 Å². The van der Waals surface area contributed by atoms with E-state index in [9.17, 15) is 9.59 Å². The third-order valence-electron chi connectivity index (χ3n) is 3.38. The van der Waals surface area contributed by atoms with Crippen LogP contribution in [0.2, 0.25) is 0 Å². The number of hydrogen-bond donors (Lipinski definition) is 1. The van der Waals surface area contributed by atoms with Gasteiger partial charge in [-0.2, -0.15) is 0 Å². The molecule has 2 aromatic rings. The molecule has 0 heterocycles. The van der Waals surface area contributed by atoms with Crippen molar-refractivity contribution in [2.24, 2.45) is 0 Å². The molecule has 0 aliphatic heterocycles. The number of amides is 1. The third kappa shape index (κ3) is 5.53.